The number of carbonyl (C=O) groups excluding carboxylic acids is 1. The molecule has 1 amide bonds. The fraction of sp³-hybridized carbons (Fsp3) is 0.467. The van der Waals surface area contributed by atoms with Gasteiger partial charge in [0.1, 0.15) is 6.10 Å². The van der Waals surface area contributed by atoms with E-state index >= 15 is 0 Å². The maximum atomic E-state index is 12.0. The molecule has 1 unspecified atom stereocenters. The van der Waals surface area contributed by atoms with E-state index in [0.29, 0.717) is 29.4 Å². The Morgan fingerprint density at radius 2 is 1.91 bits per heavy atom. The molecule has 1 aliphatic heterocycles. The minimum Gasteiger partial charge on any atom is -0.479 e. The number of nitrogens with one attached hydrogen (secondary N) is 1. The predicted molar refractivity (Wildman–Crippen MR) is 83.4 cm³/mol. The van der Waals surface area contributed by atoms with E-state index in [2.05, 4.69) is 5.32 Å². The van der Waals surface area contributed by atoms with Crippen molar-refractivity contribution in [3.8, 4) is 0 Å². The molecule has 120 valence electrons. The number of ether oxygens (including phenoxy) is 1. The van der Waals surface area contributed by atoms with Crippen LogP contribution in [-0.2, 0) is 14.3 Å². The molecule has 1 saturated heterocycles. The molecular formula is C15H17Cl2NO4. The Balaban J connectivity index is 1.90. The summed E-state index contributed by atoms with van der Waals surface area (Å²) in [5.41, 5.74) is 0.780. The van der Waals surface area contributed by atoms with Crippen LogP contribution in [0.5, 0.6) is 0 Å². The Morgan fingerprint density at radius 1 is 1.32 bits per heavy atom. The quantitative estimate of drug-likeness (QED) is 0.860. The summed E-state index contributed by atoms with van der Waals surface area (Å²) in [6.45, 7) is 2.25. The highest BCUT2D eigenvalue weighted by atomic mass is 35.5. The number of aliphatic carboxylic acids is 1. The SMILES string of the molecule is CC(CNC(=O)[C@@H]1CC[C@H](C(=O)O)O1)c1c(Cl)cccc1Cl. The minimum absolute atomic E-state index is 0.0678. The molecule has 5 nitrogen and oxygen atoms in total. The zero-order valence-electron chi connectivity index (χ0n) is 12.0. The van der Waals surface area contributed by atoms with Gasteiger partial charge in [-0.05, 0) is 30.5 Å². The topological polar surface area (TPSA) is 75.6 Å². The molecule has 0 aromatic heterocycles. The molecule has 2 N–H and O–H groups in total. The third-order valence-electron chi connectivity index (χ3n) is 3.66. The zero-order valence-corrected chi connectivity index (χ0v) is 13.5. The van der Waals surface area contributed by atoms with Gasteiger partial charge >= 0.3 is 5.97 Å². The van der Waals surface area contributed by atoms with Gasteiger partial charge in [-0.15, -0.1) is 0 Å². The highest BCUT2D eigenvalue weighted by molar-refractivity contribution is 6.36. The van der Waals surface area contributed by atoms with Crippen LogP contribution >= 0.6 is 23.2 Å². The molecule has 2 rings (SSSR count). The van der Waals surface area contributed by atoms with Crippen LogP contribution in [0.3, 0.4) is 0 Å². The molecule has 0 bridgehead atoms. The number of carboxylic acids is 1. The van der Waals surface area contributed by atoms with Crippen LogP contribution in [0.4, 0.5) is 0 Å². The molecule has 0 spiro atoms. The van der Waals surface area contributed by atoms with Crippen molar-refractivity contribution in [3.05, 3.63) is 33.8 Å². The Morgan fingerprint density at radius 3 is 2.45 bits per heavy atom. The Hall–Kier alpha value is -1.30. The molecule has 22 heavy (non-hydrogen) atoms. The van der Waals surface area contributed by atoms with Crippen molar-refractivity contribution in [1.82, 2.24) is 5.32 Å². The minimum atomic E-state index is -1.04. The van der Waals surface area contributed by atoms with E-state index in [1.807, 2.05) is 6.92 Å². The Labute approximate surface area is 138 Å². The summed E-state index contributed by atoms with van der Waals surface area (Å²) >= 11 is 12.3. The van der Waals surface area contributed by atoms with Gasteiger partial charge in [-0.1, -0.05) is 36.2 Å². The van der Waals surface area contributed by atoms with Crippen LogP contribution in [0.1, 0.15) is 31.2 Å². The smallest absolute Gasteiger partial charge is 0.332 e. The van der Waals surface area contributed by atoms with Gasteiger partial charge in [-0.3, -0.25) is 4.79 Å². The number of carboxylic acid groups (broad SMARTS) is 1. The standard InChI is InChI=1S/C15H17Cl2NO4/c1-8(13-9(16)3-2-4-10(13)17)7-18-14(19)11-5-6-12(22-11)15(20)21/h2-4,8,11-12H,5-7H2,1H3,(H,18,19)(H,20,21)/t8?,11-,12+/m0/s1. The van der Waals surface area contributed by atoms with Gasteiger partial charge in [0.2, 0.25) is 5.91 Å². The number of hydrogen-bond donors (Lipinski definition) is 2. The van der Waals surface area contributed by atoms with E-state index in [-0.39, 0.29) is 11.8 Å². The lowest BCUT2D eigenvalue weighted by Crippen LogP contribution is -2.37. The number of carbonyl (C=O) groups is 2. The maximum Gasteiger partial charge on any atom is 0.332 e. The second-order valence-corrected chi connectivity index (χ2v) is 6.12. The molecule has 3 atom stereocenters. The average molecular weight is 346 g/mol. The highest BCUT2D eigenvalue weighted by Crippen LogP contribution is 2.31. The maximum absolute atomic E-state index is 12.0. The zero-order chi connectivity index (χ0) is 16.3. The first-order valence-corrected chi connectivity index (χ1v) is 7.75. The normalized spacial score (nSPS) is 22.3. The van der Waals surface area contributed by atoms with E-state index < -0.39 is 18.2 Å². The van der Waals surface area contributed by atoms with Gasteiger partial charge in [0.05, 0.1) is 0 Å². The molecule has 1 fully saturated rings. The van der Waals surface area contributed by atoms with E-state index in [0.717, 1.165) is 5.56 Å². The number of amides is 1. The van der Waals surface area contributed by atoms with Crippen LogP contribution in [0.25, 0.3) is 0 Å². The van der Waals surface area contributed by atoms with E-state index in [9.17, 15) is 9.59 Å². The lowest BCUT2D eigenvalue weighted by molar-refractivity contribution is -0.151. The van der Waals surface area contributed by atoms with Crippen molar-refractivity contribution >= 4 is 35.1 Å². The number of benzene rings is 1. The van der Waals surface area contributed by atoms with Crippen molar-refractivity contribution in [2.24, 2.45) is 0 Å². The molecule has 0 aliphatic carbocycles. The third-order valence-corrected chi connectivity index (χ3v) is 4.32. The van der Waals surface area contributed by atoms with Gasteiger partial charge in [0, 0.05) is 22.5 Å². The largest absolute Gasteiger partial charge is 0.479 e. The summed E-state index contributed by atoms with van der Waals surface area (Å²) in [4.78, 5) is 22.8. The summed E-state index contributed by atoms with van der Waals surface area (Å²) in [7, 11) is 0. The van der Waals surface area contributed by atoms with Crippen molar-refractivity contribution in [2.75, 3.05) is 6.54 Å². The molecular weight excluding hydrogens is 329 g/mol. The van der Waals surface area contributed by atoms with E-state index in [1.54, 1.807) is 18.2 Å². The predicted octanol–water partition coefficient (Wildman–Crippen LogP) is 2.85. The molecule has 1 heterocycles. The van der Waals surface area contributed by atoms with Gasteiger partial charge in [-0.25, -0.2) is 4.79 Å². The number of rotatable bonds is 5. The van der Waals surface area contributed by atoms with Gasteiger partial charge in [-0.2, -0.15) is 0 Å². The van der Waals surface area contributed by atoms with Crippen LogP contribution < -0.4 is 5.32 Å². The van der Waals surface area contributed by atoms with Gasteiger partial charge < -0.3 is 15.2 Å². The van der Waals surface area contributed by atoms with Crippen molar-refractivity contribution < 1.29 is 19.4 Å². The van der Waals surface area contributed by atoms with Gasteiger partial charge in [0.25, 0.3) is 0 Å². The van der Waals surface area contributed by atoms with Crippen LogP contribution in [0.15, 0.2) is 18.2 Å². The summed E-state index contributed by atoms with van der Waals surface area (Å²) in [6, 6.07) is 5.26. The molecule has 1 aliphatic rings. The Kier molecular flexibility index (Phi) is 5.67. The van der Waals surface area contributed by atoms with Crippen molar-refractivity contribution in [1.29, 1.82) is 0 Å². The number of halogens is 2. The number of hydrogen-bond acceptors (Lipinski definition) is 3. The van der Waals surface area contributed by atoms with Crippen LogP contribution in [0.2, 0.25) is 10.0 Å². The van der Waals surface area contributed by atoms with Gasteiger partial charge in [0.15, 0.2) is 6.10 Å². The first-order chi connectivity index (χ1) is 10.4. The molecule has 1 aromatic rings. The molecule has 0 saturated carbocycles. The van der Waals surface area contributed by atoms with Crippen molar-refractivity contribution in [3.63, 3.8) is 0 Å². The third kappa shape index (κ3) is 3.91. The highest BCUT2D eigenvalue weighted by Gasteiger charge is 2.34. The molecule has 7 heteroatoms. The molecule has 1 aromatic carbocycles. The lowest BCUT2D eigenvalue weighted by atomic mass is 10.0. The fourth-order valence-corrected chi connectivity index (χ4v) is 3.23. The first kappa shape index (κ1) is 17.1. The lowest BCUT2D eigenvalue weighted by Gasteiger charge is -2.18. The summed E-state index contributed by atoms with van der Waals surface area (Å²) < 4.78 is 5.21. The summed E-state index contributed by atoms with van der Waals surface area (Å²) in [6.07, 6.45) is -0.857. The van der Waals surface area contributed by atoms with E-state index in [4.69, 9.17) is 33.0 Å². The summed E-state index contributed by atoms with van der Waals surface area (Å²) in [5, 5.41) is 12.7. The van der Waals surface area contributed by atoms with E-state index in [1.165, 1.54) is 0 Å². The fourth-order valence-electron chi connectivity index (χ4n) is 2.46. The summed E-state index contributed by atoms with van der Waals surface area (Å²) in [5.74, 6) is -1.41. The average Bonchev–Trinajstić information content (AvgIpc) is 2.94. The monoisotopic (exact) mass is 345 g/mol. The second kappa shape index (κ2) is 7.31. The van der Waals surface area contributed by atoms with Crippen LogP contribution in [0, 0.1) is 0 Å². The Bertz CT molecular complexity index is 558. The first-order valence-electron chi connectivity index (χ1n) is 7.00. The molecule has 0 radical (unpaired) electrons. The second-order valence-electron chi connectivity index (χ2n) is 5.31. The van der Waals surface area contributed by atoms with Crippen molar-refractivity contribution in [2.45, 2.75) is 37.9 Å². The van der Waals surface area contributed by atoms with Crippen LogP contribution in [-0.4, -0.2) is 35.7 Å².